The van der Waals surface area contributed by atoms with E-state index < -0.39 is 0 Å². The van der Waals surface area contributed by atoms with Gasteiger partial charge in [0.1, 0.15) is 12.2 Å². The van der Waals surface area contributed by atoms with Gasteiger partial charge in [0.25, 0.3) is 0 Å². The minimum Gasteiger partial charge on any atom is -0.371 e. The summed E-state index contributed by atoms with van der Waals surface area (Å²) in [5.41, 5.74) is 1.68. The van der Waals surface area contributed by atoms with Crippen molar-refractivity contribution >= 4 is 17.0 Å². The molecule has 0 fully saturated rings. The lowest BCUT2D eigenvalue weighted by Gasteiger charge is -2.22. The van der Waals surface area contributed by atoms with Gasteiger partial charge in [0, 0.05) is 12.6 Å². The lowest BCUT2D eigenvalue weighted by Crippen LogP contribution is -2.23. The van der Waals surface area contributed by atoms with Crippen molar-refractivity contribution in [2.24, 2.45) is 0 Å². The summed E-state index contributed by atoms with van der Waals surface area (Å²) in [6, 6.07) is 0. The van der Waals surface area contributed by atoms with Gasteiger partial charge in [-0.1, -0.05) is 0 Å². The summed E-state index contributed by atoms with van der Waals surface area (Å²) < 4.78 is 2.13. The summed E-state index contributed by atoms with van der Waals surface area (Å²) in [5, 5.41) is 3.04. The third kappa shape index (κ3) is 1.52. The van der Waals surface area contributed by atoms with E-state index >= 15 is 0 Å². The molecular formula is C11H17N5. The van der Waals surface area contributed by atoms with Gasteiger partial charge in [-0.3, -0.25) is 0 Å². The molecule has 2 aromatic rings. The van der Waals surface area contributed by atoms with Crippen LogP contribution < -0.4 is 5.32 Å². The Bertz CT molecular complexity index is 521. The molecule has 2 heterocycles. The molecule has 0 aromatic carbocycles. The van der Waals surface area contributed by atoms with Crippen molar-refractivity contribution in [3.05, 3.63) is 12.2 Å². The van der Waals surface area contributed by atoms with E-state index in [1.165, 1.54) is 0 Å². The second-order valence-corrected chi connectivity index (χ2v) is 4.81. The first-order valence-electron chi connectivity index (χ1n) is 5.33. The second kappa shape index (κ2) is 3.43. The Labute approximate surface area is 94.9 Å². The number of nitrogens with one attached hydrogen (secondary N) is 1. The fraction of sp³-hybridized carbons (Fsp3) is 0.545. The standard InChI is InChI=1S/C11H17N5/c1-7-15-8-9(12-5)13-6-14-10(8)16(7)11(2,3)4/h6H,1-5H3,(H,12,13,14). The van der Waals surface area contributed by atoms with Gasteiger partial charge in [-0.2, -0.15) is 0 Å². The Hall–Kier alpha value is -1.65. The van der Waals surface area contributed by atoms with Crippen LogP contribution in [0.3, 0.4) is 0 Å². The van der Waals surface area contributed by atoms with Crippen LogP contribution in [0.25, 0.3) is 11.2 Å². The summed E-state index contributed by atoms with van der Waals surface area (Å²) in [4.78, 5) is 13.0. The van der Waals surface area contributed by atoms with Crippen molar-refractivity contribution in [2.45, 2.75) is 33.2 Å². The van der Waals surface area contributed by atoms with Crippen molar-refractivity contribution in [3.8, 4) is 0 Å². The SMILES string of the molecule is CNc1ncnc2c1nc(C)n2C(C)(C)C. The van der Waals surface area contributed by atoms with Gasteiger partial charge >= 0.3 is 0 Å². The van der Waals surface area contributed by atoms with E-state index in [1.54, 1.807) is 6.33 Å². The Morgan fingerprint density at radius 3 is 2.50 bits per heavy atom. The van der Waals surface area contributed by atoms with Crippen molar-refractivity contribution in [1.82, 2.24) is 19.5 Å². The van der Waals surface area contributed by atoms with E-state index in [-0.39, 0.29) is 5.54 Å². The molecule has 0 saturated carbocycles. The zero-order valence-electron chi connectivity index (χ0n) is 10.4. The molecule has 0 saturated heterocycles. The number of aromatic nitrogens is 4. The summed E-state index contributed by atoms with van der Waals surface area (Å²) in [6.45, 7) is 8.42. The lowest BCUT2D eigenvalue weighted by atomic mass is 10.1. The number of hydrogen-bond acceptors (Lipinski definition) is 4. The molecule has 0 radical (unpaired) electrons. The molecule has 2 rings (SSSR count). The number of anilines is 1. The number of aryl methyl sites for hydroxylation is 1. The molecule has 86 valence electrons. The largest absolute Gasteiger partial charge is 0.371 e. The highest BCUT2D eigenvalue weighted by Crippen LogP contribution is 2.25. The molecule has 5 nitrogen and oxygen atoms in total. The predicted molar refractivity (Wildman–Crippen MR) is 64.6 cm³/mol. The first-order chi connectivity index (χ1) is 7.45. The first-order valence-corrected chi connectivity index (χ1v) is 5.33. The number of hydrogen-bond donors (Lipinski definition) is 1. The highest BCUT2D eigenvalue weighted by Gasteiger charge is 2.21. The van der Waals surface area contributed by atoms with Crippen molar-refractivity contribution in [2.75, 3.05) is 12.4 Å². The third-order valence-electron chi connectivity index (χ3n) is 2.52. The summed E-state index contributed by atoms with van der Waals surface area (Å²) in [7, 11) is 1.84. The lowest BCUT2D eigenvalue weighted by molar-refractivity contribution is 0.397. The maximum absolute atomic E-state index is 4.53. The summed E-state index contributed by atoms with van der Waals surface area (Å²) >= 11 is 0. The number of fused-ring (bicyclic) bond motifs is 1. The van der Waals surface area contributed by atoms with Crippen LogP contribution in [0.1, 0.15) is 26.6 Å². The highest BCUT2D eigenvalue weighted by molar-refractivity contribution is 5.83. The molecule has 0 atom stereocenters. The molecular weight excluding hydrogens is 202 g/mol. The van der Waals surface area contributed by atoms with Gasteiger partial charge in [-0.05, 0) is 27.7 Å². The smallest absolute Gasteiger partial charge is 0.166 e. The molecule has 16 heavy (non-hydrogen) atoms. The molecule has 0 spiro atoms. The van der Waals surface area contributed by atoms with Crippen LogP contribution >= 0.6 is 0 Å². The van der Waals surface area contributed by atoms with Crippen LogP contribution in [-0.4, -0.2) is 26.6 Å². The highest BCUT2D eigenvalue weighted by atomic mass is 15.2. The first kappa shape index (κ1) is 10.9. The summed E-state index contributed by atoms with van der Waals surface area (Å²) in [5.74, 6) is 1.73. The molecule has 0 aliphatic carbocycles. The van der Waals surface area contributed by atoms with E-state index in [0.717, 1.165) is 22.8 Å². The topological polar surface area (TPSA) is 55.6 Å². The van der Waals surface area contributed by atoms with Crippen molar-refractivity contribution < 1.29 is 0 Å². The summed E-state index contributed by atoms with van der Waals surface area (Å²) in [6.07, 6.45) is 1.57. The molecule has 2 aromatic heterocycles. The van der Waals surface area contributed by atoms with E-state index in [1.807, 2.05) is 14.0 Å². The molecule has 0 amide bonds. The molecule has 5 heteroatoms. The molecule has 1 N–H and O–H groups in total. The quantitative estimate of drug-likeness (QED) is 0.796. The average Bonchev–Trinajstić information content (AvgIpc) is 2.52. The zero-order valence-corrected chi connectivity index (χ0v) is 10.4. The number of imidazole rings is 1. The maximum atomic E-state index is 4.53. The van der Waals surface area contributed by atoms with Gasteiger partial charge in [-0.15, -0.1) is 0 Å². The Balaban J connectivity index is 2.81. The van der Waals surface area contributed by atoms with Crippen molar-refractivity contribution in [1.29, 1.82) is 0 Å². The van der Waals surface area contributed by atoms with Gasteiger partial charge < -0.3 is 9.88 Å². The van der Waals surface area contributed by atoms with E-state index in [9.17, 15) is 0 Å². The number of rotatable bonds is 1. The Kier molecular flexibility index (Phi) is 2.33. The minimum atomic E-state index is -0.0296. The Morgan fingerprint density at radius 1 is 1.25 bits per heavy atom. The van der Waals surface area contributed by atoms with Crippen LogP contribution in [0.5, 0.6) is 0 Å². The van der Waals surface area contributed by atoms with Crippen LogP contribution in [0.2, 0.25) is 0 Å². The average molecular weight is 219 g/mol. The van der Waals surface area contributed by atoms with Crippen LogP contribution in [0, 0.1) is 6.92 Å². The van der Waals surface area contributed by atoms with Crippen LogP contribution in [0.15, 0.2) is 6.33 Å². The number of nitrogens with zero attached hydrogens (tertiary/aromatic N) is 4. The normalized spacial score (nSPS) is 12.1. The van der Waals surface area contributed by atoms with Crippen LogP contribution in [-0.2, 0) is 5.54 Å². The third-order valence-corrected chi connectivity index (χ3v) is 2.52. The fourth-order valence-corrected chi connectivity index (χ4v) is 1.99. The van der Waals surface area contributed by atoms with E-state index in [4.69, 9.17) is 0 Å². The van der Waals surface area contributed by atoms with Gasteiger partial charge in [-0.25, -0.2) is 15.0 Å². The van der Waals surface area contributed by atoms with E-state index in [2.05, 4.69) is 45.6 Å². The van der Waals surface area contributed by atoms with Gasteiger partial charge in [0.15, 0.2) is 17.0 Å². The van der Waals surface area contributed by atoms with Gasteiger partial charge in [0.05, 0.1) is 0 Å². The predicted octanol–water partition coefficient (Wildman–Crippen LogP) is 1.93. The molecule has 0 aliphatic rings. The molecule has 0 bridgehead atoms. The molecule has 0 unspecified atom stereocenters. The monoisotopic (exact) mass is 219 g/mol. The van der Waals surface area contributed by atoms with Crippen molar-refractivity contribution in [3.63, 3.8) is 0 Å². The second-order valence-electron chi connectivity index (χ2n) is 4.81. The Morgan fingerprint density at radius 2 is 1.94 bits per heavy atom. The molecule has 0 aliphatic heterocycles. The van der Waals surface area contributed by atoms with Crippen LogP contribution in [0.4, 0.5) is 5.82 Å². The fourth-order valence-electron chi connectivity index (χ4n) is 1.99. The zero-order chi connectivity index (χ0) is 11.9. The van der Waals surface area contributed by atoms with E-state index in [0.29, 0.717) is 0 Å². The maximum Gasteiger partial charge on any atom is 0.166 e. The minimum absolute atomic E-state index is 0.0296. The van der Waals surface area contributed by atoms with Gasteiger partial charge in [0.2, 0.25) is 0 Å².